The largest absolute Gasteiger partial charge is 0.466 e. The molecule has 2 rings (SSSR count). The van der Waals surface area contributed by atoms with Crippen LogP contribution in [0.1, 0.15) is 24.8 Å². The number of benzene rings is 1. The molecule has 0 spiro atoms. The first-order valence-corrected chi connectivity index (χ1v) is 6.12. The normalized spacial score (nSPS) is 20.7. The molecule has 0 N–H and O–H groups in total. The minimum absolute atomic E-state index is 0.0736. The molecule has 0 amide bonds. The topological polar surface area (TPSA) is 35.5 Å². The molecular formula is C14H18O3. The predicted octanol–water partition coefficient (Wildman–Crippen LogP) is 2.55. The van der Waals surface area contributed by atoms with Gasteiger partial charge in [-0.15, -0.1) is 0 Å². The highest BCUT2D eigenvalue weighted by molar-refractivity contribution is 5.69. The third-order valence-electron chi connectivity index (χ3n) is 3.01. The highest BCUT2D eigenvalue weighted by Gasteiger charge is 2.17. The molecular weight excluding hydrogens is 216 g/mol. The van der Waals surface area contributed by atoms with Crippen LogP contribution < -0.4 is 0 Å². The number of cyclic esters (lactones) is 1. The van der Waals surface area contributed by atoms with Crippen molar-refractivity contribution in [2.24, 2.45) is 5.92 Å². The van der Waals surface area contributed by atoms with Gasteiger partial charge in [0.15, 0.2) is 0 Å². The van der Waals surface area contributed by atoms with Crippen LogP contribution in [0.2, 0.25) is 0 Å². The summed E-state index contributed by atoms with van der Waals surface area (Å²) in [4.78, 5) is 11.1. The molecule has 1 aromatic rings. The fourth-order valence-electron chi connectivity index (χ4n) is 1.96. The summed E-state index contributed by atoms with van der Waals surface area (Å²) in [5, 5.41) is 0. The van der Waals surface area contributed by atoms with E-state index in [-0.39, 0.29) is 5.97 Å². The second kappa shape index (κ2) is 6.40. The average Bonchev–Trinajstić information content (AvgIpc) is 2.56. The molecule has 92 valence electrons. The number of carbonyl (C=O) groups excluding carboxylic acids is 1. The van der Waals surface area contributed by atoms with Gasteiger partial charge < -0.3 is 9.47 Å². The fraction of sp³-hybridized carbons (Fsp3) is 0.500. The maximum Gasteiger partial charge on any atom is 0.305 e. The number of hydrogen-bond donors (Lipinski definition) is 0. The molecule has 17 heavy (non-hydrogen) atoms. The lowest BCUT2D eigenvalue weighted by Gasteiger charge is -2.12. The van der Waals surface area contributed by atoms with Crippen molar-refractivity contribution in [2.45, 2.75) is 25.9 Å². The molecule has 1 unspecified atom stereocenters. The first-order chi connectivity index (χ1) is 8.34. The fourth-order valence-corrected chi connectivity index (χ4v) is 1.96. The Morgan fingerprint density at radius 2 is 2.06 bits per heavy atom. The summed E-state index contributed by atoms with van der Waals surface area (Å²) in [5.74, 6) is 0.376. The lowest BCUT2D eigenvalue weighted by Crippen LogP contribution is -2.10. The summed E-state index contributed by atoms with van der Waals surface area (Å²) >= 11 is 0. The molecule has 1 aliphatic heterocycles. The summed E-state index contributed by atoms with van der Waals surface area (Å²) in [6.07, 6.45) is 2.33. The average molecular weight is 234 g/mol. The van der Waals surface area contributed by atoms with E-state index in [1.54, 1.807) is 0 Å². The molecule has 1 aliphatic rings. The van der Waals surface area contributed by atoms with E-state index < -0.39 is 0 Å². The number of hydrogen-bond acceptors (Lipinski definition) is 3. The highest BCUT2D eigenvalue weighted by Crippen LogP contribution is 2.17. The summed E-state index contributed by atoms with van der Waals surface area (Å²) in [5.41, 5.74) is 1.19. The number of ether oxygens (including phenoxy) is 2. The number of carbonyl (C=O) groups is 1. The van der Waals surface area contributed by atoms with Gasteiger partial charge in [0.1, 0.15) is 0 Å². The van der Waals surface area contributed by atoms with Gasteiger partial charge in [-0.3, -0.25) is 4.79 Å². The van der Waals surface area contributed by atoms with E-state index in [1.807, 2.05) is 18.2 Å². The van der Waals surface area contributed by atoms with E-state index >= 15 is 0 Å². The van der Waals surface area contributed by atoms with Crippen LogP contribution in [0.5, 0.6) is 0 Å². The van der Waals surface area contributed by atoms with Crippen molar-refractivity contribution in [2.75, 3.05) is 13.2 Å². The molecule has 0 bridgehead atoms. The van der Waals surface area contributed by atoms with E-state index in [0.717, 1.165) is 12.8 Å². The Morgan fingerprint density at radius 1 is 1.24 bits per heavy atom. The molecule has 3 nitrogen and oxygen atoms in total. The molecule has 1 saturated heterocycles. The molecule has 3 heteroatoms. The van der Waals surface area contributed by atoms with Crippen LogP contribution in [0.3, 0.4) is 0 Å². The van der Waals surface area contributed by atoms with Crippen molar-refractivity contribution in [1.82, 2.24) is 0 Å². The summed E-state index contributed by atoms with van der Waals surface area (Å²) in [7, 11) is 0. The maximum absolute atomic E-state index is 11.1. The Kier molecular flexibility index (Phi) is 4.56. The first kappa shape index (κ1) is 12.1. The van der Waals surface area contributed by atoms with Gasteiger partial charge in [-0.1, -0.05) is 30.3 Å². The van der Waals surface area contributed by atoms with Gasteiger partial charge in [0, 0.05) is 13.0 Å². The van der Waals surface area contributed by atoms with Gasteiger partial charge in [-0.05, 0) is 24.3 Å². The van der Waals surface area contributed by atoms with E-state index in [9.17, 15) is 4.79 Å². The number of esters is 1. The van der Waals surface area contributed by atoms with Gasteiger partial charge in [0.25, 0.3) is 0 Å². The zero-order valence-electron chi connectivity index (χ0n) is 9.93. The lowest BCUT2D eigenvalue weighted by atomic mass is 10.0. The summed E-state index contributed by atoms with van der Waals surface area (Å²) < 4.78 is 10.7. The SMILES string of the molecule is O=C1CCC(COCc2ccccc2)CCO1. The predicted molar refractivity (Wildman–Crippen MR) is 64.4 cm³/mol. The Bertz CT molecular complexity index is 348. The van der Waals surface area contributed by atoms with Crippen LogP contribution in [0.25, 0.3) is 0 Å². The van der Waals surface area contributed by atoms with E-state index in [1.165, 1.54) is 5.56 Å². The highest BCUT2D eigenvalue weighted by atomic mass is 16.5. The van der Waals surface area contributed by atoms with Crippen molar-refractivity contribution >= 4 is 5.97 Å². The third-order valence-corrected chi connectivity index (χ3v) is 3.01. The standard InChI is InChI=1S/C14H18O3/c15-14-7-6-13(8-9-17-14)11-16-10-12-4-2-1-3-5-12/h1-5,13H,6-11H2. The smallest absolute Gasteiger partial charge is 0.305 e. The molecule has 1 fully saturated rings. The molecule has 0 aromatic heterocycles. The van der Waals surface area contributed by atoms with Crippen LogP contribution in [-0.2, 0) is 20.9 Å². The maximum atomic E-state index is 11.1. The molecule has 1 aromatic carbocycles. The van der Waals surface area contributed by atoms with Crippen LogP contribution in [0, 0.1) is 5.92 Å². The third kappa shape index (κ3) is 4.19. The molecule has 1 heterocycles. The van der Waals surface area contributed by atoms with E-state index in [4.69, 9.17) is 9.47 Å². The lowest BCUT2D eigenvalue weighted by molar-refractivity contribution is -0.142. The van der Waals surface area contributed by atoms with Gasteiger partial charge in [0.05, 0.1) is 13.2 Å². The Morgan fingerprint density at radius 3 is 2.88 bits per heavy atom. The van der Waals surface area contributed by atoms with Crippen molar-refractivity contribution in [1.29, 1.82) is 0 Å². The first-order valence-electron chi connectivity index (χ1n) is 6.12. The van der Waals surface area contributed by atoms with E-state index in [2.05, 4.69) is 12.1 Å². The minimum atomic E-state index is -0.0736. The van der Waals surface area contributed by atoms with Gasteiger partial charge in [-0.25, -0.2) is 0 Å². The van der Waals surface area contributed by atoms with E-state index in [0.29, 0.717) is 32.2 Å². The second-order valence-corrected chi connectivity index (χ2v) is 4.41. The molecule has 0 saturated carbocycles. The second-order valence-electron chi connectivity index (χ2n) is 4.41. The molecule has 0 aliphatic carbocycles. The van der Waals surface area contributed by atoms with Gasteiger partial charge in [-0.2, -0.15) is 0 Å². The van der Waals surface area contributed by atoms with Crippen LogP contribution in [0.4, 0.5) is 0 Å². The van der Waals surface area contributed by atoms with Crippen LogP contribution in [0.15, 0.2) is 30.3 Å². The number of rotatable bonds is 4. The monoisotopic (exact) mass is 234 g/mol. The molecule has 0 radical (unpaired) electrons. The zero-order valence-corrected chi connectivity index (χ0v) is 9.93. The van der Waals surface area contributed by atoms with Crippen molar-refractivity contribution in [3.8, 4) is 0 Å². The van der Waals surface area contributed by atoms with Gasteiger partial charge in [0.2, 0.25) is 0 Å². The van der Waals surface area contributed by atoms with Crippen molar-refractivity contribution < 1.29 is 14.3 Å². The van der Waals surface area contributed by atoms with Crippen LogP contribution in [-0.4, -0.2) is 19.2 Å². The zero-order chi connectivity index (χ0) is 11.9. The van der Waals surface area contributed by atoms with Crippen LogP contribution >= 0.6 is 0 Å². The Labute approximate surface area is 102 Å². The Hall–Kier alpha value is -1.35. The van der Waals surface area contributed by atoms with Crippen molar-refractivity contribution in [3.05, 3.63) is 35.9 Å². The van der Waals surface area contributed by atoms with Gasteiger partial charge >= 0.3 is 5.97 Å². The minimum Gasteiger partial charge on any atom is -0.466 e. The summed E-state index contributed by atoms with van der Waals surface area (Å²) in [6, 6.07) is 10.1. The molecule has 1 atom stereocenters. The van der Waals surface area contributed by atoms with Crippen molar-refractivity contribution in [3.63, 3.8) is 0 Å². The quantitative estimate of drug-likeness (QED) is 0.751. The summed E-state index contributed by atoms with van der Waals surface area (Å²) in [6.45, 7) is 1.90. The Balaban J connectivity index is 1.69.